The fraction of sp³-hybridized carbons (Fsp3) is 0.250. The molecule has 7 heteroatoms. The van der Waals surface area contributed by atoms with Gasteiger partial charge in [-0.15, -0.1) is 11.3 Å². The summed E-state index contributed by atoms with van der Waals surface area (Å²) in [6.07, 6.45) is 4.70. The van der Waals surface area contributed by atoms with Gasteiger partial charge < -0.3 is 10.1 Å². The van der Waals surface area contributed by atoms with Crippen molar-refractivity contribution in [2.75, 3.05) is 31.6 Å². The average molecular weight is 485 g/mol. The van der Waals surface area contributed by atoms with Gasteiger partial charge in [-0.25, -0.2) is 4.98 Å². The number of ether oxygens (including phenoxy) is 1. The van der Waals surface area contributed by atoms with Crippen molar-refractivity contribution < 1.29 is 9.53 Å². The topological polar surface area (TPSA) is 67.4 Å². The maximum atomic E-state index is 12.6. The normalized spacial score (nSPS) is 14.1. The molecule has 6 nitrogen and oxygen atoms in total. The van der Waals surface area contributed by atoms with Gasteiger partial charge in [0.05, 0.1) is 25.3 Å². The van der Waals surface area contributed by atoms with Crippen LogP contribution in [0.15, 0.2) is 78.4 Å². The summed E-state index contributed by atoms with van der Waals surface area (Å²) >= 11 is 1.58. The van der Waals surface area contributed by atoms with E-state index in [9.17, 15) is 4.79 Å². The predicted molar refractivity (Wildman–Crippen MR) is 139 cm³/mol. The molecule has 0 unspecified atom stereocenters. The van der Waals surface area contributed by atoms with Crippen molar-refractivity contribution >= 4 is 22.9 Å². The molecule has 0 radical (unpaired) electrons. The molecule has 1 aliphatic rings. The van der Waals surface area contributed by atoms with Gasteiger partial charge in [0.15, 0.2) is 0 Å². The zero-order valence-corrected chi connectivity index (χ0v) is 20.3. The summed E-state index contributed by atoms with van der Waals surface area (Å²) in [5.74, 6) is -0.0650. The molecule has 178 valence electrons. The molecule has 2 aromatic carbocycles. The summed E-state index contributed by atoms with van der Waals surface area (Å²) < 4.78 is 5.44. The van der Waals surface area contributed by atoms with Crippen LogP contribution in [0.4, 0.5) is 5.69 Å². The molecule has 2 aromatic heterocycles. The summed E-state index contributed by atoms with van der Waals surface area (Å²) in [6, 6.07) is 20.5. The van der Waals surface area contributed by atoms with Gasteiger partial charge >= 0.3 is 0 Å². The largest absolute Gasteiger partial charge is 0.379 e. The summed E-state index contributed by atoms with van der Waals surface area (Å²) in [4.78, 5) is 23.8. The minimum absolute atomic E-state index is 0.0650. The van der Waals surface area contributed by atoms with Gasteiger partial charge in [-0.1, -0.05) is 30.3 Å². The van der Waals surface area contributed by atoms with E-state index in [2.05, 4.69) is 39.5 Å². The van der Waals surface area contributed by atoms with Crippen LogP contribution in [-0.4, -0.2) is 47.1 Å². The van der Waals surface area contributed by atoms with Gasteiger partial charge in [-0.05, 0) is 53.4 Å². The minimum Gasteiger partial charge on any atom is -0.379 e. The lowest BCUT2D eigenvalue weighted by Gasteiger charge is -2.26. The Morgan fingerprint density at radius 1 is 0.971 bits per heavy atom. The predicted octanol–water partition coefficient (Wildman–Crippen LogP) is 4.81. The van der Waals surface area contributed by atoms with Crippen LogP contribution in [0.25, 0.3) is 10.6 Å². The van der Waals surface area contributed by atoms with Crippen LogP contribution in [0.2, 0.25) is 0 Å². The van der Waals surface area contributed by atoms with E-state index in [4.69, 9.17) is 9.72 Å². The number of pyridine rings is 1. The Balaban J connectivity index is 1.16. The lowest BCUT2D eigenvalue weighted by Crippen LogP contribution is -2.35. The molecule has 4 aromatic rings. The number of hydrogen-bond donors (Lipinski definition) is 1. The van der Waals surface area contributed by atoms with Crippen LogP contribution in [-0.2, 0) is 28.9 Å². The van der Waals surface area contributed by atoms with Gasteiger partial charge in [-0.3, -0.25) is 14.7 Å². The molecule has 1 fully saturated rings. The highest BCUT2D eigenvalue weighted by molar-refractivity contribution is 7.13. The zero-order valence-electron chi connectivity index (χ0n) is 19.5. The van der Waals surface area contributed by atoms with E-state index in [-0.39, 0.29) is 12.3 Å². The van der Waals surface area contributed by atoms with Crippen LogP contribution in [0.5, 0.6) is 0 Å². The molecule has 1 saturated heterocycles. The number of anilines is 1. The van der Waals surface area contributed by atoms with E-state index in [1.807, 2.05) is 41.8 Å². The Kier molecular flexibility index (Phi) is 7.58. The van der Waals surface area contributed by atoms with Crippen LogP contribution >= 0.6 is 11.3 Å². The van der Waals surface area contributed by atoms with Crippen LogP contribution in [0.1, 0.15) is 22.4 Å². The second-order valence-corrected chi connectivity index (χ2v) is 9.55. The second-order valence-electron chi connectivity index (χ2n) is 8.69. The molecule has 3 heterocycles. The van der Waals surface area contributed by atoms with Crippen molar-refractivity contribution in [2.24, 2.45) is 0 Å². The number of thiazole rings is 1. The highest BCUT2D eigenvalue weighted by atomic mass is 32.1. The number of carbonyl (C=O) groups excluding carboxylic acids is 1. The zero-order chi connectivity index (χ0) is 23.9. The number of nitrogens with zero attached hydrogens (tertiary/aromatic N) is 3. The highest BCUT2D eigenvalue weighted by Gasteiger charge is 2.13. The first kappa shape index (κ1) is 23.4. The number of benzene rings is 2. The molecule has 1 amide bonds. The maximum absolute atomic E-state index is 12.6. The Labute approximate surface area is 209 Å². The molecule has 1 N–H and O–H groups in total. The average Bonchev–Trinajstić information content (AvgIpc) is 3.35. The monoisotopic (exact) mass is 484 g/mol. The van der Waals surface area contributed by atoms with Crippen molar-refractivity contribution in [3.05, 3.63) is 101 Å². The van der Waals surface area contributed by atoms with Crippen molar-refractivity contribution in [2.45, 2.75) is 19.4 Å². The lowest BCUT2D eigenvalue weighted by molar-refractivity contribution is -0.115. The molecular weight excluding hydrogens is 456 g/mol. The van der Waals surface area contributed by atoms with Gasteiger partial charge in [0, 0.05) is 48.7 Å². The third kappa shape index (κ3) is 6.60. The maximum Gasteiger partial charge on any atom is 0.230 e. The summed E-state index contributed by atoms with van der Waals surface area (Å²) in [6.45, 7) is 4.45. The third-order valence-electron chi connectivity index (χ3n) is 5.97. The van der Waals surface area contributed by atoms with Gasteiger partial charge in [0.25, 0.3) is 0 Å². The van der Waals surface area contributed by atoms with Crippen LogP contribution in [0, 0.1) is 0 Å². The first-order valence-corrected chi connectivity index (χ1v) is 12.7. The summed E-state index contributed by atoms with van der Waals surface area (Å²) in [7, 11) is 0. The van der Waals surface area contributed by atoms with Crippen molar-refractivity contribution in [1.29, 1.82) is 0 Å². The highest BCUT2D eigenvalue weighted by Crippen LogP contribution is 2.25. The molecule has 0 atom stereocenters. The van der Waals surface area contributed by atoms with Crippen molar-refractivity contribution in [3.8, 4) is 10.6 Å². The Hall–Kier alpha value is -3.39. The van der Waals surface area contributed by atoms with E-state index in [0.29, 0.717) is 0 Å². The van der Waals surface area contributed by atoms with E-state index in [1.54, 1.807) is 23.7 Å². The molecular formula is C28H28N4O2S. The Morgan fingerprint density at radius 3 is 2.54 bits per heavy atom. The SMILES string of the molecule is O=C(Cc1csc(-c2cccc(CN3CCOCC3)c2)n1)Nc1ccc(Cc2ccncc2)cc1. The van der Waals surface area contributed by atoms with Crippen molar-refractivity contribution in [3.63, 3.8) is 0 Å². The number of amides is 1. The fourth-order valence-corrected chi connectivity index (χ4v) is 4.97. The molecule has 0 bridgehead atoms. The number of nitrogens with one attached hydrogen (secondary N) is 1. The number of rotatable bonds is 8. The summed E-state index contributed by atoms with van der Waals surface area (Å²) in [5, 5.41) is 5.90. The molecule has 1 aliphatic heterocycles. The van der Waals surface area contributed by atoms with E-state index in [1.165, 1.54) is 16.7 Å². The number of hydrogen-bond acceptors (Lipinski definition) is 6. The molecule has 35 heavy (non-hydrogen) atoms. The fourth-order valence-electron chi connectivity index (χ4n) is 4.15. The van der Waals surface area contributed by atoms with E-state index >= 15 is 0 Å². The molecule has 0 spiro atoms. The first-order chi connectivity index (χ1) is 17.2. The standard InChI is InChI=1S/C28H28N4O2S/c33-27(30-25-6-4-21(5-7-25)16-22-8-10-29-11-9-22)18-26-20-35-28(31-26)24-3-1-2-23(17-24)19-32-12-14-34-15-13-32/h1-11,17,20H,12-16,18-19H2,(H,30,33). The van der Waals surface area contributed by atoms with Gasteiger partial charge in [0.1, 0.15) is 5.01 Å². The van der Waals surface area contributed by atoms with Gasteiger partial charge in [0.2, 0.25) is 5.91 Å². The van der Waals surface area contributed by atoms with Crippen LogP contribution < -0.4 is 5.32 Å². The third-order valence-corrected chi connectivity index (χ3v) is 6.91. The van der Waals surface area contributed by atoms with Crippen LogP contribution in [0.3, 0.4) is 0 Å². The van der Waals surface area contributed by atoms with Crippen molar-refractivity contribution in [1.82, 2.24) is 14.9 Å². The number of aromatic nitrogens is 2. The molecule has 0 aliphatic carbocycles. The molecule has 5 rings (SSSR count). The number of carbonyl (C=O) groups is 1. The second kappa shape index (κ2) is 11.4. The summed E-state index contributed by atoms with van der Waals surface area (Å²) in [5.41, 5.74) is 6.34. The quantitative estimate of drug-likeness (QED) is 0.389. The van der Waals surface area contributed by atoms with E-state index < -0.39 is 0 Å². The first-order valence-electron chi connectivity index (χ1n) is 11.8. The number of morpholine rings is 1. The van der Waals surface area contributed by atoms with E-state index in [0.717, 1.165) is 61.2 Å². The smallest absolute Gasteiger partial charge is 0.230 e. The molecule has 0 saturated carbocycles. The lowest BCUT2D eigenvalue weighted by atomic mass is 10.1. The Bertz CT molecular complexity index is 1250. The minimum atomic E-state index is -0.0650. The Morgan fingerprint density at radius 2 is 1.74 bits per heavy atom. The van der Waals surface area contributed by atoms with Gasteiger partial charge in [-0.2, -0.15) is 0 Å².